The predicted octanol–water partition coefficient (Wildman–Crippen LogP) is 4.57. The highest BCUT2D eigenvalue weighted by molar-refractivity contribution is 6.03. The van der Waals surface area contributed by atoms with Crippen LogP contribution in [0.2, 0.25) is 0 Å². The van der Waals surface area contributed by atoms with Crippen molar-refractivity contribution in [3.05, 3.63) is 83.2 Å². The molecule has 1 fully saturated rings. The van der Waals surface area contributed by atoms with E-state index in [9.17, 15) is 4.39 Å². The molecular formula is C27H30FN5O2. The van der Waals surface area contributed by atoms with Gasteiger partial charge in [-0.1, -0.05) is 23.4 Å². The second kappa shape index (κ2) is 9.19. The van der Waals surface area contributed by atoms with E-state index in [1.807, 2.05) is 43.9 Å². The number of aryl methyl sites for hydroxylation is 1. The Morgan fingerprint density at radius 3 is 2.69 bits per heavy atom. The van der Waals surface area contributed by atoms with Gasteiger partial charge in [0, 0.05) is 18.3 Å². The van der Waals surface area contributed by atoms with Crippen molar-refractivity contribution in [3.8, 4) is 11.4 Å². The minimum atomic E-state index is -0.799. The molecule has 0 radical (unpaired) electrons. The zero-order chi connectivity index (χ0) is 24.6. The topological polar surface area (TPSA) is 55.1 Å². The smallest absolute Gasteiger partial charge is 0.249 e. The van der Waals surface area contributed by atoms with Gasteiger partial charge in [0.15, 0.2) is 5.84 Å². The Bertz CT molecular complexity index is 1280. The second-order valence-electron chi connectivity index (χ2n) is 9.31. The van der Waals surface area contributed by atoms with E-state index < -0.39 is 5.72 Å². The highest BCUT2D eigenvalue weighted by Crippen LogP contribution is 2.41. The van der Waals surface area contributed by atoms with E-state index >= 15 is 0 Å². The molecule has 2 aliphatic rings. The largest absolute Gasteiger partial charge is 0.495 e. The monoisotopic (exact) mass is 475 g/mol. The first-order chi connectivity index (χ1) is 16.9. The Hall–Kier alpha value is -3.65. The maximum Gasteiger partial charge on any atom is 0.249 e. The number of aromatic nitrogens is 2. The molecule has 0 spiro atoms. The molecule has 0 bridgehead atoms. The molecule has 2 aliphatic heterocycles. The van der Waals surface area contributed by atoms with Crippen LogP contribution >= 0.6 is 0 Å². The zero-order valence-electron chi connectivity index (χ0n) is 20.5. The maximum absolute atomic E-state index is 13.7. The van der Waals surface area contributed by atoms with Crippen molar-refractivity contribution in [2.24, 2.45) is 5.16 Å². The van der Waals surface area contributed by atoms with Crippen LogP contribution in [0.15, 0.2) is 65.7 Å². The van der Waals surface area contributed by atoms with Crippen molar-refractivity contribution in [1.82, 2.24) is 19.4 Å². The van der Waals surface area contributed by atoms with E-state index in [0.717, 1.165) is 59.1 Å². The molecule has 0 N–H and O–H groups in total. The highest BCUT2D eigenvalue weighted by Gasteiger charge is 2.49. The number of piperidine rings is 1. The lowest BCUT2D eigenvalue weighted by molar-refractivity contribution is -0.119. The van der Waals surface area contributed by atoms with Gasteiger partial charge in [-0.2, -0.15) is 0 Å². The molecule has 0 aliphatic carbocycles. The lowest BCUT2D eigenvalue weighted by atomic mass is 9.94. The Kier molecular flexibility index (Phi) is 6.06. The van der Waals surface area contributed by atoms with E-state index in [2.05, 4.69) is 32.1 Å². The quantitative estimate of drug-likeness (QED) is 0.523. The van der Waals surface area contributed by atoms with Gasteiger partial charge in [0.25, 0.3) is 0 Å². The van der Waals surface area contributed by atoms with Gasteiger partial charge in [-0.3, -0.25) is 0 Å². The fraction of sp³-hybridized carbons (Fsp3) is 0.333. The van der Waals surface area contributed by atoms with Crippen molar-refractivity contribution in [2.75, 3.05) is 34.3 Å². The molecule has 1 atom stereocenters. The summed E-state index contributed by atoms with van der Waals surface area (Å²) in [6.45, 7) is 3.36. The standard InChI is InChI=1S/C27H30FN5O2/c1-19-16-32(18-29-19)24-12-7-20(15-25(24)34-4)14-21-6-5-13-33-26(21)30-35-27(33,17-31(2)3)22-8-10-23(28)11-9-22/h7-12,14-16,18H,5-6,13,17H2,1-4H3/b21-14+/t27-/m1/s1. The van der Waals surface area contributed by atoms with Gasteiger partial charge in [-0.05, 0) is 75.3 Å². The molecule has 8 heteroatoms. The number of likely N-dealkylation sites (N-methyl/N-ethyl adjacent to an activating group) is 1. The molecule has 35 heavy (non-hydrogen) atoms. The van der Waals surface area contributed by atoms with Crippen LogP contribution in [0.5, 0.6) is 5.75 Å². The lowest BCUT2D eigenvalue weighted by Crippen LogP contribution is -2.53. The summed E-state index contributed by atoms with van der Waals surface area (Å²) in [4.78, 5) is 14.8. The maximum atomic E-state index is 13.7. The molecule has 0 saturated carbocycles. The fourth-order valence-corrected chi connectivity index (χ4v) is 4.89. The van der Waals surface area contributed by atoms with Crippen molar-refractivity contribution < 1.29 is 14.0 Å². The third kappa shape index (κ3) is 4.30. The summed E-state index contributed by atoms with van der Waals surface area (Å²) in [5, 5.41) is 4.56. The van der Waals surface area contributed by atoms with E-state index in [1.54, 1.807) is 25.6 Å². The van der Waals surface area contributed by atoms with Crippen LogP contribution in [0, 0.1) is 12.7 Å². The number of rotatable bonds is 6. The van der Waals surface area contributed by atoms with Crippen LogP contribution < -0.4 is 4.74 Å². The average molecular weight is 476 g/mol. The lowest BCUT2D eigenvalue weighted by Gasteiger charge is -2.41. The van der Waals surface area contributed by atoms with Crippen LogP contribution in [0.4, 0.5) is 4.39 Å². The first-order valence-electron chi connectivity index (χ1n) is 11.7. The number of nitrogens with zero attached hydrogens (tertiary/aromatic N) is 5. The second-order valence-corrected chi connectivity index (χ2v) is 9.31. The third-order valence-corrected chi connectivity index (χ3v) is 6.45. The van der Waals surface area contributed by atoms with Gasteiger partial charge < -0.3 is 23.9 Å². The number of hydrogen-bond donors (Lipinski definition) is 0. The summed E-state index contributed by atoms with van der Waals surface area (Å²) in [5.41, 5.74) is 4.09. The van der Waals surface area contributed by atoms with E-state index in [1.165, 1.54) is 12.1 Å². The number of halogens is 1. The van der Waals surface area contributed by atoms with E-state index in [-0.39, 0.29) is 5.82 Å². The van der Waals surface area contributed by atoms with Crippen molar-refractivity contribution in [3.63, 3.8) is 0 Å². The molecule has 0 amide bonds. The molecule has 0 unspecified atom stereocenters. The van der Waals surface area contributed by atoms with Gasteiger partial charge in [0.05, 0.1) is 31.4 Å². The number of benzene rings is 2. The Morgan fingerprint density at radius 2 is 2.00 bits per heavy atom. The number of methoxy groups -OCH3 is 1. The SMILES string of the molecule is COc1cc(/C=C2\CCCN3C2=NO[C@]3(CN(C)C)c2ccc(F)cc2)ccc1-n1cnc(C)c1. The zero-order valence-corrected chi connectivity index (χ0v) is 20.5. The number of amidine groups is 1. The molecule has 2 aromatic carbocycles. The minimum Gasteiger partial charge on any atom is -0.495 e. The molecule has 5 rings (SSSR count). The summed E-state index contributed by atoms with van der Waals surface area (Å²) in [7, 11) is 5.68. The number of hydrogen-bond acceptors (Lipinski definition) is 6. The fourth-order valence-electron chi connectivity index (χ4n) is 4.89. The molecule has 1 saturated heterocycles. The number of oxime groups is 1. The van der Waals surface area contributed by atoms with Crippen LogP contribution in [0.3, 0.4) is 0 Å². The van der Waals surface area contributed by atoms with Crippen LogP contribution in [-0.4, -0.2) is 59.5 Å². The molecular weight excluding hydrogens is 445 g/mol. The highest BCUT2D eigenvalue weighted by atomic mass is 19.1. The van der Waals surface area contributed by atoms with Gasteiger partial charge in [-0.15, -0.1) is 0 Å². The molecule has 182 valence electrons. The summed E-state index contributed by atoms with van der Waals surface area (Å²) in [6.07, 6.45) is 7.77. The Labute approximate surface area is 205 Å². The number of fused-ring (bicyclic) bond motifs is 1. The van der Waals surface area contributed by atoms with Crippen molar-refractivity contribution in [2.45, 2.75) is 25.5 Å². The summed E-state index contributed by atoms with van der Waals surface area (Å²) in [5.74, 6) is 1.33. The van der Waals surface area contributed by atoms with Gasteiger partial charge in [0.1, 0.15) is 11.6 Å². The summed E-state index contributed by atoms with van der Waals surface area (Å²) < 4.78 is 21.3. The normalized spacial score (nSPS) is 20.7. The van der Waals surface area contributed by atoms with Gasteiger partial charge in [-0.25, -0.2) is 9.37 Å². The van der Waals surface area contributed by atoms with Gasteiger partial charge in [0.2, 0.25) is 5.72 Å². The molecule has 3 heterocycles. The number of imidazole rings is 1. The molecule has 7 nitrogen and oxygen atoms in total. The first kappa shape index (κ1) is 23.1. The minimum absolute atomic E-state index is 0.268. The van der Waals surface area contributed by atoms with Crippen LogP contribution in [0.1, 0.15) is 29.7 Å². The van der Waals surface area contributed by atoms with Crippen LogP contribution in [-0.2, 0) is 10.6 Å². The predicted molar refractivity (Wildman–Crippen MR) is 134 cm³/mol. The van der Waals surface area contributed by atoms with Crippen LogP contribution in [0.25, 0.3) is 11.8 Å². The third-order valence-electron chi connectivity index (χ3n) is 6.45. The summed E-state index contributed by atoms with van der Waals surface area (Å²) >= 11 is 0. The van der Waals surface area contributed by atoms with Crippen molar-refractivity contribution in [1.29, 1.82) is 0 Å². The van der Waals surface area contributed by atoms with E-state index in [0.29, 0.717) is 6.54 Å². The Morgan fingerprint density at radius 1 is 1.20 bits per heavy atom. The first-order valence-corrected chi connectivity index (χ1v) is 11.7. The van der Waals surface area contributed by atoms with Crippen molar-refractivity contribution >= 4 is 11.9 Å². The molecule has 1 aromatic heterocycles. The Balaban J connectivity index is 1.49. The van der Waals surface area contributed by atoms with Gasteiger partial charge >= 0.3 is 0 Å². The number of ether oxygens (including phenoxy) is 1. The molecule has 3 aromatic rings. The average Bonchev–Trinajstić information content (AvgIpc) is 3.44. The summed E-state index contributed by atoms with van der Waals surface area (Å²) in [6, 6.07) is 12.7. The van der Waals surface area contributed by atoms with E-state index in [4.69, 9.17) is 9.57 Å².